The molecule has 1 fully saturated rings. The lowest BCUT2D eigenvalue weighted by Gasteiger charge is -2.40. The van der Waals surface area contributed by atoms with Gasteiger partial charge < -0.3 is 15.1 Å². The summed E-state index contributed by atoms with van der Waals surface area (Å²) in [6, 6.07) is 4.22. The first-order chi connectivity index (χ1) is 13.9. The van der Waals surface area contributed by atoms with Crippen molar-refractivity contribution in [2.24, 2.45) is 11.8 Å². The van der Waals surface area contributed by atoms with E-state index in [1.807, 2.05) is 17.5 Å². The van der Waals surface area contributed by atoms with Crippen LogP contribution in [-0.2, 0) is 9.59 Å². The third-order valence-corrected chi connectivity index (χ3v) is 7.84. The molecule has 2 heterocycles. The normalized spacial score (nSPS) is 20.4. The Bertz CT molecular complexity index is 622. The summed E-state index contributed by atoms with van der Waals surface area (Å²) in [5.41, 5.74) is -0.447. The van der Waals surface area contributed by atoms with Crippen LogP contribution in [0.25, 0.3) is 0 Å². The number of rotatable bonds is 13. The average molecular weight is 442 g/mol. The molecule has 4 atom stereocenters. The minimum absolute atomic E-state index is 0.206. The second-order valence-electron chi connectivity index (χ2n) is 8.30. The molecular formula is C22H35NO4S2. The number of aliphatic hydroxyl groups is 1. The number of nitrogens with zero attached hydrogens (tertiary/aromatic N) is 1. The predicted octanol–water partition coefficient (Wildman–Crippen LogP) is 5.24. The number of aliphatic hydroxyl groups excluding tert-OH is 1. The molecule has 7 heteroatoms. The molecule has 1 amide bonds. The van der Waals surface area contributed by atoms with Crippen molar-refractivity contribution in [3.05, 3.63) is 17.5 Å². The number of hydrogen-bond donors (Lipinski definition) is 2. The van der Waals surface area contributed by atoms with Crippen molar-refractivity contribution < 1.29 is 19.8 Å². The number of piperidine rings is 1. The zero-order valence-electron chi connectivity index (χ0n) is 17.6. The molecule has 1 aliphatic heterocycles. The second kappa shape index (κ2) is 12.6. The number of carboxylic acids is 1. The van der Waals surface area contributed by atoms with Crippen LogP contribution >= 0.6 is 23.1 Å². The largest absolute Gasteiger partial charge is 0.481 e. The SMILES string of the molecule is C[C@H](CCCC(=O)O)CCCN1C(=O)CCC[C@@H]1[C@@H](C)CC(O)Sc1cccs1. The molecule has 0 spiro atoms. The van der Waals surface area contributed by atoms with E-state index in [4.69, 9.17) is 5.11 Å². The topological polar surface area (TPSA) is 77.8 Å². The summed E-state index contributed by atoms with van der Waals surface area (Å²) in [7, 11) is 0. The van der Waals surface area contributed by atoms with Crippen molar-refractivity contribution >= 4 is 35.0 Å². The van der Waals surface area contributed by atoms with E-state index < -0.39 is 11.4 Å². The molecule has 2 rings (SSSR count). The Kier molecular flexibility index (Phi) is 10.5. The van der Waals surface area contributed by atoms with Gasteiger partial charge in [0.05, 0.1) is 4.21 Å². The monoisotopic (exact) mass is 441 g/mol. The summed E-state index contributed by atoms with van der Waals surface area (Å²) >= 11 is 3.15. The first-order valence-corrected chi connectivity index (χ1v) is 12.5. The third-order valence-electron chi connectivity index (χ3n) is 5.77. The zero-order valence-corrected chi connectivity index (χ0v) is 19.2. The molecule has 0 saturated carbocycles. The van der Waals surface area contributed by atoms with Crippen molar-refractivity contribution in [2.75, 3.05) is 6.54 Å². The van der Waals surface area contributed by atoms with Crippen molar-refractivity contribution in [3.63, 3.8) is 0 Å². The molecule has 29 heavy (non-hydrogen) atoms. The van der Waals surface area contributed by atoms with E-state index >= 15 is 0 Å². The molecule has 5 nitrogen and oxygen atoms in total. The quantitative estimate of drug-likeness (QED) is 0.323. The number of carbonyl (C=O) groups excluding carboxylic acids is 1. The van der Waals surface area contributed by atoms with Gasteiger partial charge in [-0.25, -0.2) is 0 Å². The smallest absolute Gasteiger partial charge is 0.303 e. The van der Waals surface area contributed by atoms with Gasteiger partial charge in [0.2, 0.25) is 5.91 Å². The van der Waals surface area contributed by atoms with Gasteiger partial charge in [-0.05, 0) is 61.8 Å². The van der Waals surface area contributed by atoms with E-state index in [9.17, 15) is 14.7 Å². The molecular weight excluding hydrogens is 406 g/mol. The number of likely N-dealkylation sites (tertiary alicyclic amines) is 1. The number of amides is 1. The van der Waals surface area contributed by atoms with Crippen molar-refractivity contribution in [2.45, 2.75) is 87.3 Å². The molecule has 2 N–H and O–H groups in total. The first-order valence-electron chi connectivity index (χ1n) is 10.8. The molecule has 1 aliphatic rings. The van der Waals surface area contributed by atoms with Gasteiger partial charge in [0, 0.05) is 25.4 Å². The molecule has 1 aromatic rings. The lowest BCUT2D eigenvalue weighted by atomic mass is 9.88. The summed E-state index contributed by atoms with van der Waals surface area (Å²) in [5, 5.41) is 21.2. The first kappa shape index (κ1) is 24.2. The summed E-state index contributed by atoms with van der Waals surface area (Å²) in [6.45, 7) is 5.09. The van der Waals surface area contributed by atoms with E-state index in [1.54, 1.807) is 11.3 Å². The molecule has 1 aromatic heterocycles. The maximum Gasteiger partial charge on any atom is 0.303 e. The van der Waals surface area contributed by atoms with Crippen LogP contribution in [0.15, 0.2) is 21.7 Å². The fraction of sp³-hybridized carbons (Fsp3) is 0.727. The van der Waals surface area contributed by atoms with Crippen molar-refractivity contribution in [1.82, 2.24) is 4.90 Å². The van der Waals surface area contributed by atoms with E-state index in [1.165, 1.54) is 11.8 Å². The molecule has 1 unspecified atom stereocenters. The van der Waals surface area contributed by atoms with Gasteiger partial charge in [-0.3, -0.25) is 9.59 Å². The number of carbonyl (C=O) groups is 2. The van der Waals surface area contributed by atoms with Crippen LogP contribution in [0.5, 0.6) is 0 Å². The molecule has 164 valence electrons. The Morgan fingerprint density at radius 3 is 2.79 bits per heavy atom. The van der Waals surface area contributed by atoms with Gasteiger partial charge >= 0.3 is 5.97 Å². The van der Waals surface area contributed by atoms with Crippen LogP contribution < -0.4 is 0 Å². The van der Waals surface area contributed by atoms with Crippen molar-refractivity contribution in [3.8, 4) is 0 Å². The van der Waals surface area contributed by atoms with Crippen LogP contribution in [0.4, 0.5) is 0 Å². The minimum Gasteiger partial charge on any atom is -0.481 e. The number of thiophene rings is 1. The number of hydrogen-bond acceptors (Lipinski definition) is 5. The Morgan fingerprint density at radius 1 is 1.34 bits per heavy atom. The summed E-state index contributed by atoms with van der Waals surface area (Å²) < 4.78 is 1.12. The molecule has 0 aromatic carbocycles. The number of thioether (sulfide) groups is 1. The molecule has 0 bridgehead atoms. The van der Waals surface area contributed by atoms with E-state index in [2.05, 4.69) is 18.7 Å². The third kappa shape index (κ3) is 8.69. The van der Waals surface area contributed by atoms with Crippen LogP contribution in [0.1, 0.15) is 71.6 Å². The molecule has 1 saturated heterocycles. The highest BCUT2D eigenvalue weighted by Crippen LogP contribution is 2.33. The lowest BCUT2D eigenvalue weighted by Crippen LogP contribution is -2.47. The zero-order chi connectivity index (χ0) is 21.2. The van der Waals surface area contributed by atoms with Gasteiger partial charge in [0.25, 0.3) is 0 Å². The van der Waals surface area contributed by atoms with Crippen LogP contribution in [0.2, 0.25) is 0 Å². The van der Waals surface area contributed by atoms with Crippen LogP contribution in [-0.4, -0.2) is 45.0 Å². The van der Waals surface area contributed by atoms with Crippen LogP contribution in [0.3, 0.4) is 0 Å². The van der Waals surface area contributed by atoms with Gasteiger partial charge in [-0.1, -0.05) is 38.1 Å². The van der Waals surface area contributed by atoms with Crippen LogP contribution in [0, 0.1) is 11.8 Å². The summed E-state index contributed by atoms with van der Waals surface area (Å²) in [6.07, 6.45) is 7.11. The molecule has 0 radical (unpaired) electrons. The summed E-state index contributed by atoms with van der Waals surface area (Å²) in [4.78, 5) is 25.3. The average Bonchev–Trinajstić information content (AvgIpc) is 3.15. The van der Waals surface area contributed by atoms with E-state index in [0.29, 0.717) is 18.8 Å². The lowest BCUT2D eigenvalue weighted by molar-refractivity contribution is -0.138. The highest BCUT2D eigenvalue weighted by Gasteiger charge is 2.32. The summed E-state index contributed by atoms with van der Waals surface area (Å²) in [5.74, 6) is 0.253. The fourth-order valence-corrected chi connectivity index (χ4v) is 6.17. The maximum absolute atomic E-state index is 12.6. The van der Waals surface area contributed by atoms with Gasteiger partial charge in [-0.2, -0.15) is 0 Å². The number of aliphatic carboxylic acids is 1. The number of carboxylic acid groups (broad SMARTS) is 1. The Balaban J connectivity index is 1.79. The Morgan fingerprint density at radius 2 is 2.10 bits per heavy atom. The van der Waals surface area contributed by atoms with E-state index in [0.717, 1.165) is 49.3 Å². The highest BCUT2D eigenvalue weighted by atomic mass is 32.2. The Hall–Kier alpha value is -1.05. The standard InChI is InChI=1S/C22H35NO4S2/c1-16(7-3-11-20(25)26)8-5-13-23-18(9-4-10-19(23)24)17(2)15-21(27)29-22-12-6-14-28-22/h6,12,14,16-18,21,27H,3-5,7-11,13,15H2,1-2H3,(H,25,26)/t16-,17+,18-,21?/m1/s1. The van der Waals surface area contributed by atoms with Gasteiger partial charge in [0.15, 0.2) is 0 Å². The highest BCUT2D eigenvalue weighted by molar-refractivity contribution is 8.01. The fourth-order valence-electron chi connectivity index (χ4n) is 4.17. The Labute approximate surface area is 182 Å². The predicted molar refractivity (Wildman–Crippen MR) is 119 cm³/mol. The molecule has 0 aliphatic carbocycles. The maximum atomic E-state index is 12.6. The van der Waals surface area contributed by atoms with Crippen molar-refractivity contribution in [1.29, 1.82) is 0 Å². The minimum atomic E-state index is -0.729. The second-order valence-corrected chi connectivity index (χ2v) is 10.7. The van der Waals surface area contributed by atoms with Gasteiger partial charge in [-0.15, -0.1) is 11.3 Å². The van der Waals surface area contributed by atoms with E-state index in [-0.39, 0.29) is 24.3 Å². The van der Waals surface area contributed by atoms with Gasteiger partial charge in [0.1, 0.15) is 5.44 Å².